The van der Waals surface area contributed by atoms with Gasteiger partial charge in [-0.3, -0.25) is 4.98 Å². The van der Waals surface area contributed by atoms with E-state index in [0.717, 1.165) is 12.1 Å². The summed E-state index contributed by atoms with van der Waals surface area (Å²) in [7, 11) is 0. The summed E-state index contributed by atoms with van der Waals surface area (Å²) >= 11 is 0. The van der Waals surface area contributed by atoms with Gasteiger partial charge in [0.2, 0.25) is 0 Å². The predicted molar refractivity (Wildman–Crippen MR) is 79.8 cm³/mol. The normalized spacial score (nSPS) is 9.56. The Morgan fingerprint density at radius 1 is 0.833 bits per heavy atom. The molecule has 0 unspecified atom stereocenters. The molecule has 0 saturated carbocycles. The van der Waals surface area contributed by atoms with Gasteiger partial charge in [0.15, 0.2) is 0 Å². The summed E-state index contributed by atoms with van der Waals surface area (Å²) in [5.74, 6) is 0. The van der Waals surface area contributed by atoms with Crippen LogP contribution in [0, 0.1) is 6.92 Å². The molecule has 1 nitrogen and oxygen atoms in total. The lowest BCUT2D eigenvalue weighted by Crippen LogP contribution is -1.84. The monoisotopic (exact) mass is 241 g/mol. The van der Waals surface area contributed by atoms with Crippen molar-refractivity contribution in [2.24, 2.45) is 0 Å². The summed E-state index contributed by atoms with van der Waals surface area (Å²) in [5.41, 5.74) is 4.85. The fourth-order valence-electron chi connectivity index (χ4n) is 1.57. The Hall–Kier alpha value is -1.63. The van der Waals surface area contributed by atoms with Crippen LogP contribution in [0.5, 0.6) is 0 Å². The van der Waals surface area contributed by atoms with Gasteiger partial charge in [-0.25, -0.2) is 0 Å². The van der Waals surface area contributed by atoms with E-state index < -0.39 is 0 Å². The van der Waals surface area contributed by atoms with E-state index in [1.165, 1.54) is 23.1 Å². The van der Waals surface area contributed by atoms with Gasteiger partial charge in [-0.05, 0) is 30.5 Å². The van der Waals surface area contributed by atoms with E-state index in [1.807, 2.05) is 19.2 Å². The molecule has 1 aromatic carbocycles. The lowest BCUT2D eigenvalue weighted by atomic mass is 10.0. The van der Waals surface area contributed by atoms with E-state index in [1.54, 1.807) is 0 Å². The second-order valence-electron chi connectivity index (χ2n) is 4.45. The predicted octanol–water partition coefficient (Wildman–Crippen LogP) is 5.04. The van der Waals surface area contributed by atoms with Crippen molar-refractivity contribution in [1.82, 2.24) is 4.98 Å². The molecule has 18 heavy (non-hydrogen) atoms. The van der Waals surface area contributed by atoms with Crippen molar-refractivity contribution in [3.8, 4) is 11.1 Å². The quantitative estimate of drug-likeness (QED) is 0.718. The molecule has 0 saturated heterocycles. The molecule has 1 heterocycles. The van der Waals surface area contributed by atoms with E-state index in [9.17, 15) is 0 Å². The average Bonchev–Trinajstić information content (AvgIpc) is 2.41. The molecular formula is C17H23N. The van der Waals surface area contributed by atoms with Gasteiger partial charge in [0.25, 0.3) is 0 Å². The Bertz CT molecular complexity index is 440. The largest absolute Gasteiger partial charge is 0.261 e. The summed E-state index contributed by atoms with van der Waals surface area (Å²) in [4.78, 5) is 4.30. The highest BCUT2D eigenvalue weighted by Crippen LogP contribution is 2.19. The summed E-state index contributed by atoms with van der Waals surface area (Å²) in [6, 6.07) is 12.8. The molecule has 1 heteroatoms. The number of hydrogen-bond acceptors (Lipinski definition) is 1. The Labute approximate surface area is 111 Å². The molecule has 2 rings (SSSR count). The lowest BCUT2D eigenvalue weighted by molar-refractivity contribution is 1.09. The van der Waals surface area contributed by atoms with Gasteiger partial charge < -0.3 is 0 Å². The zero-order valence-electron chi connectivity index (χ0n) is 11.9. The van der Waals surface area contributed by atoms with Gasteiger partial charge in [-0.1, -0.05) is 57.5 Å². The van der Waals surface area contributed by atoms with Crippen LogP contribution in [0.3, 0.4) is 0 Å². The molecule has 2 aromatic rings. The van der Waals surface area contributed by atoms with Crippen LogP contribution in [0.2, 0.25) is 0 Å². The topological polar surface area (TPSA) is 12.9 Å². The number of aromatic nitrogens is 1. The molecule has 0 atom stereocenters. The van der Waals surface area contributed by atoms with Crippen molar-refractivity contribution >= 4 is 0 Å². The second-order valence-corrected chi connectivity index (χ2v) is 4.45. The summed E-state index contributed by atoms with van der Waals surface area (Å²) < 4.78 is 0. The molecule has 0 amide bonds. The molecule has 0 aliphatic rings. The highest BCUT2D eigenvalue weighted by atomic mass is 14.7. The van der Waals surface area contributed by atoms with Crippen molar-refractivity contribution in [2.45, 2.75) is 40.5 Å². The maximum absolute atomic E-state index is 4.30. The average molecular weight is 241 g/mol. The number of benzene rings is 1. The SMILES string of the molecule is CCC.CCc1ccc(-c2ccc(C)nc2)cc1. The Kier molecular flexibility index (Phi) is 6.13. The van der Waals surface area contributed by atoms with Gasteiger partial charge in [-0.2, -0.15) is 0 Å². The Morgan fingerprint density at radius 3 is 1.83 bits per heavy atom. The minimum absolute atomic E-state index is 1.06. The molecule has 0 radical (unpaired) electrons. The molecule has 96 valence electrons. The van der Waals surface area contributed by atoms with E-state index >= 15 is 0 Å². The fraction of sp³-hybridized carbons (Fsp3) is 0.353. The number of rotatable bonds is 2. The Morgan fingerprint density at radius 2 is 1.39 bits per heavy atom. The van der Waals surface area contributed by atoms with Crippen LogP contribution in [0.1, 0.15) is 38.4 Å². The van der Waals surface area contributed by atoms with Crippen molar-refractivity contribution in [1.29, 1.82) is 0 Å². The van der Waals surface area contributed by atoms with E-state index in [-0.39, 0.29) is 0 Å². The first-order valence-electron chi connectivity index (χ1n) is 6.73. The second kappa shape index (κ2) is 7.65. The van der Waals surface area contributed by atoms with Crippen molar-refractivity contribution in [2.75, 3.05) is 0 Å². The van der Waals surface area contributed by atoms with Gasteiger partial charge in [0, 0.05) is 17.5 Å². The fourth-order valence-corrected chi connectivity index (χ4v) is 1.57. The molecule has 0 spiro atoms. The smallest absolute Gasteiger partial charge is 0.0373 e. The lowest BCUT2D eigenvalue weighted by Gasteiger charge is -2.02. The summed E-state index contributed by atoms with van der Waals surface area (Å²) in [6.45, 7) is 8.42. The molecule has 0 fully saturated rings. The van der Waals surface area contributed by atoms with E-state index in [0.29, 0.717) is 0 Å². The third-order valence-corrected chi connectivity index (χ3v) is 2.61. The number of hydrogen-bond donors (Lipinski definition) is 0. The van der Waals surface area contributed by atoms with E-state index in [4.69, 9.17) is 0 Å². The van der Waals surface area contributed by atoms with E-state index in [2.05, 4.69) is 56.1 Å². The summed E-state index contributed by atoms with van der Waals surface area (Å²) in [6.07, 6.45) is 4.27. The third-order valence-electron chi connectivity index (χ3n) is 2.61. The molecule has 1 aromatic heterocycles. The van der Waals surface area contributed by atoms with Crippen LogP contribution >= 0.6 is 0 Å². The number of pyridine rings is 1. The van der Waals surface area contributed by atoms with Crippen molar-refractivity contribution in [3.63, 3.8) is 0 Å². The van der Waals surface area contributed by atoms with Gasteiger partial charge in [-0.15, -0.1) is 0 Å². The molecule has 0 aliphatic carbocycles. The maximum atomic E-state index is 4.30. The highest BCUT2D eigenvalue weighted by Gasteiger charge is 1.97. The first-order chi connectivity index (χ1) is 8.71. The van der Waals surface area contributed by atoms with Crippen LogP contribution in [-0.4, -0.2) is 4.98 Å². The van der Waals surface area contributed by atoms with Crippen molar-refractivity contribution in [3.05, 3.63) is 53.9 Å². The van der Waals surface area contributed by atoms with Crippen LogP contribution in [0.15, 0.2) is 42.6 Å². The zero-order chi connectivity index (χ0) is 13.4. The summed E-state index contributed by atoms with van der Waals surface area (Å²) in [5, 5.41) is 0. The first kappa shape index (κ1) is 14.4. The van der Waals surface area contributed by atoms with Gasteiger partial charge in [0.05, 0.1) is 0 Å². The van der Waals surface area contributed by atoms with Crippen molar-refractivity contribution < 1.29 is 0 Å². The minimum atomic E-state index is 1.06. The third kappa shape index (κ3) is 4.33. The molecule has 0 bridgehead atoms. The van der Waals surface area contributed by atoms with Gasteiger partial charge >= 0.3 is 0 Å². The highest BCUT2D eigenvalue weighted by molar-refractivity contribution is 5.62. The standard InChI is InChI=1S/C14H15N.C3H8/c1-3-12-5-8-13(9-6-12)14-7-4-11(2)15-10-14;1-3-2/h4-10H,3H2,1-2H3;3H2,1-2H3. The zero-order valence-corrected chi connectivity index (χ0v) is 11.9. The number of aryl methyl sites for hydroxylation is 2. The molecule has 0 aliphatic heterocycles. The van der Waals surface area contributed by atoms with Crippen LogP contribution in [0.4, 0.5) is 0 Å². The number of nitrogens with zero attached hydrogens (tertiary/aromatic N) is 1. The minimum Gasteiger partial charge on any atom is -0.261 e. The molecular weight excluding hydrogens is 218 g/mol. The Balaban J connectivity index is 0.000000492. The molecule has 0 N–H and O–H groups in total. The first-order valence-corrected chi connectivity index (χ1v) is 6.73. The van der Waals surface area contributed by atoms with Crippen LogP contribution < -0.4 is 0 Å². The van der Waals surface area contributed by atoms with Crippen LogP contribution in [-0.2, 0) is 6.42 Å². The maximum Gasteiger partial charge on any atom is 0.0373 e. The van der Waals surface area contributed by atoms with Gasteiger partial charge in [0.1, 0.15) is 0 Å². The van der Waals surface area contributed by atoms with Crippen LogP contribution in [0.25, 0.3) is 11.1 Å².